The highest BCUT2D eigenvalue weighted by Gasteiger charge is 2.51. The van der Waals surface area contributed by atoms with Gasteiger partial charge in [-0.05, 0) is 0 Å². The van der Waals surface area contributed by atoms with E-state index in [0.717, 1.165) is 6.07 Å². The van der Waals surface area contributed by atoms with Crippen molar-refractivity contribution in [1.29, 1.82) is 5.26 Å². The molecule has 0 aliphatic heterocycles. The molecule has 0 N–H and O–H groups in total. The zero-order valence-electron chi connectivity index (χ0n) is 9.88. The summed E-state index contributed by atoms with van der Waals surface area (Å²) in [6.07, 6.45) is -19.1. The van der Waals surface area contributed by atoms with E-state index >= 15 is 0 Å². The summed E-state index contributed by atoms with van der Waals surface area (Å²) in [6, 6.07) is 0.946. The highest BCUT2D eigenvalue weighted by atomic mass is 19.4. The van der Waals surface area contributed by atoms with Gasteiger partial charge in [0.15, 0.2) is 11.4 Å². The molecule has 0 atom stereocenters. The van der Waals surface area contributed by atoms with E-state index in [0.29, 0.717) is 0 Å². The number of alkyl halides is 9. The van der Waals surface area contributed by atoms with Gasteiger partial charge in [-0.25, -0.2) is 9.37 Å². The van der Waals surface area contributed by atoms with Gasteiger partial charge in [-0.1, -0.05) is 0 Å². The van der Waals surface area contributed by atoms with Crippen LogP contribution < -0.4 is 0 Å². The van der Waals surface area contributed by atoms with Gasteiger partial charge in [0.1, 0.15) is 11.4 Å². The molecule has 1 heterocycles. The van der Waals surface area contributed by atoms with Crippen molar-refractivity contribution >= 4 is 0 Å². The van der Waals surface area contributed by atoms with Gasteiger partial charge in [0.05, 0.1) is 12.5 Å². The number of hydrogen-bond acceptors (Lipinski definition) is 2. The van der Waals surface area contributed by atoms with Gasteiger partial charge in [0.25, 0.3) is 0 Å². The Hall–Kier alpha value is -2.06. The SMILES string of the molecule is N#CCc1c(C(F)(F)F)nc(C(F)(F)F)c(C(F)(F)F)c1F. The Labute approximate surface area is 115 Å². The molecule has 0 aliphatic rings. The third kappa shape index (κ3) is 3.40. The van der Waals surface area contributed by atoms with Gasteiger partial charge in [-0.15, -0.1) is 0 Å². The van der Waals surface area contributed by atoms with E-state index in [2.05, 4.69) is 0 Å². The lowest BCUT2D eigenvalue weighted by molar-refractivity contribution is -0.170. The Morgan fingerprint density at radius 3 is 1.59 bits per heavy atom. The van der Waals surface area contributed by atoms with Gasteiger partial charge < -0.3 is 0 Å². The van der Waals surface area contributed by atoms with E-state index in [-0.39, 0.29) is 0 Å². The highest BCUT2D eigenvalue weighted by Crippen LogP contribution is 2.44. The Morgan fingerprint density at radius 2 is 1.27 bits per heavy atom. The van der Waals surface area contributed by atoms with Crippen molar-refractivity contribution in [2.24, 2.45) is 0 Å². The third-order valence-corrected chi connectivity index (χ3v) is 2.31. The summed E-state index contributed by atoms with van der Waals surface area (Å²) >= 11 is 0. The minimum atomic E-state index is -5.98. The van der Waals surface area contributed by atoms with E-state index in [4.69, 9.17) is 5.26 Å². The van der Waals surface area contributed by atoms with E-state index < -0.39 is 53.3 Å². The first-order chi connectivity index (χ1) is 9.71. The first-order valence-corrected chi connectivity index (χ1v) is 5.02. The molecule has 0 amide bonds. The van der Waals surface area contributed by atoms with E-state index in [1.165, 1.54) is 0 Å². The van der Waals surface area contributed by atoms with E-state index in [9.17, 15) is 43.9 Å². The largest absolute Gasteiger partial charge is 0.434 e. The van der Waals surface area contributed by atoms with Crippen LogP contribution in [0.3, 0.4) is 0 Å². The average Bonchev–Trinajstić information content (AvgIpc) is 2.26. The molecule has 0 aliphatic carbocycles. The number of nitriles is 1. The minimum Gasteiger partial charge on any atom is -0.238 e. The van der Waals surface area contributed by atoms with Gasteiger partial charge in [-0.2, -0.15) is 44.8 Å². The Morgan fingerprint density at radius 1 is 0.818 bits per heavy atom. The van der Waals surface area contributed by atoms with Crippen LogP contribution in [-0.2, 0) is 24.9 Å². The molecule has 1 aromatic heterocycles. The second kappa shape index (κ2) is 5.29. The van der Waals surface area contributed by atoms with Gasteiger partial charge in [-0.3, -0.25) is 0 Å². The maximum atomic E-state index is 13.6. The highest BCUT2D eigenvalue weighted by molar-refractivity contribution is 5.38. The van der Waals surface area contributed by atoms with Crippen molar-refractivity contribution in [3.05, 3.63) is 28.3 Å². The van der Waals surface area contributed by atoms with Crippen molar-refractivity contribution in [2.75, 3.05) is 0 Å². The summed E-state index contributed by atoms with van der Waals surface area (Å²) in [5.41, 5.74) is -10.5. The van der Waals surface area contributed by atoms with Gasteiger partial charge in [0, 0.05) is 5.56 Å². The fourth-order valence-electron chi connectivity index (χ4n) is 1.53. The normalized spacial score (nSPS) is 13.1. The number of pyridine rings is 1. The van der Waals surface area contributed by atoms with Gasteiger partial charge in [0.2, 0.25) is 0 Å². The number of hydrogen-bond donors (Lipinski definition) is 0. The molecule has 0 saturated heterocycles. The third-order valence-electron chi connectivity index (χ3n) is 2.31. The molecular weight excluding hydrogens is 338 g/mol. The summed E-state index contributed by atoms with van der Waals surface area (Å²) in [4.78, 5) is 1.90. The van der Waals surface area contributed by atoms with Crippen molar-refractivity contribution in [1.82, 2.24) is 4.98 Å². The average molecular weight is 340 g/mol. The van der Waals surface area contributed by atoms with E-state index in [1.807, 2.05) is 4.98 Å². The van der Waals surface area contributed by atoms with Crippen molar-refractivity contribution < 1.29 is 43.9 Å². The zero-order chi connectivity index (χ0) is 17.5. The molecule has 0 saturated carbocycles. The summed E-state index contributed by atoms with van der Waals surface area (Å²) in [5.74, 6) is -2.82. The van der Waals surface area contributed by atoms with Crippen LogP contribution in [0.4, 0.5) is 43.9 Å². The standard InChI is InChI=1S/C10H2F10N2/c11-5-3(1-2-21)6(9(15,16)17)22-7(10(18,19)20)4(5)8(12,13)14/h1H2. The van der Waals surface area contributed by atoms with Crippen LogP contribution in [0.15, 0.2) is 0 Å². The van der Waals surface area contributed by atoms with Crippen molar-refractivity contribution in [2.45, 2.75) is 24.9 Å². The maximum Gasteiger partial charge on any atom is 0.434 e. The number of rotatable bonds is 1. The summed E-state index contributed by atoms with van der Waals surface area (Å²) in [7, 11) is 0. The Balaban J connectivity index is 3.95. The first-order valence-electron chi connectivity index (χ1n) is 5.02. The van der Waals surface area contributed by atoms with Crippen LogP contribution in [0.25, 0.3) is 0 Å². The van der Waals surface area contributed by atoms with Crippen molar-refractivity contribution in [3.8, 4) is 6.07 Å². The topological polar surface area (TPSA) is 36.7 Å². The quantitative estimate of drug-likeness (QED) is 0.713. The van der Waals surface area contributed by atoms with Crippen LogP contribution in [-0.4, -0.2) is 4.98 Å². The lowest BCUT2D eigenvalue weighted by Gasteiger charge is -2.20. The molecule has 2 nitrogen and oxygen atoms in total. The van der Waals surface area contributed by atoms with Gasteiger partial charge >= 0.3 is 18.5 Å². The second-order valence-electron chi connectivity index (χ2n) is 3.80. The lowest BCUT2D eigenvalue weighted by Crippen LogP contribution is -2.26. The number of nitrogens with zero attached hydrogens (tertiary/aromatic N) is 2. The summed E-state index contributed by atoms with van der Waals surface area (Å²) < 4.78 is 126. The molecule has 0 radical (unpaired) electrons. The molecule has 0 unspecified atom stereocenters. The molecule has 122 valence electrons. The zero-order valence-corrected chi connectivity index (χ0v) is 9.88. The molecule has 22 heavy (non-hydrogen) atoms. The second-order valence-corrected chi connectivity index (χ2v) is 3.80. The molecule has 0 fully saturated rings. The molecular formula is C10H2F10N2. The Kier molecular flexibility index (Phi) is 4.33. The van der Waals surface area contributed by atoms with Crippen LogP contribution >= 0.6 is 0 Å². The molecule has 0 aromatic carbocycles. The fourth-order valence-corrected chi connectivity index (χ4v) is 1.53. The minimum absolute atomic E-state index is 0.946. The number of halogens is 10. The Bertz CT molecular complexity index is 617. The lowest BCUT2D eigenvalue weighted by atomic mass is 10.0. The molecule has 1 aromatic rings. The summed E-state index contributed by atoms with van der Waals surface area (Å²) in [5, 5.41) is 8.24. The van der Waals surface area contributed by atoms with Crippen LogP contribution in [0.5, 0.6) is 0 Å². The fraction of sp³-hybridized carbons (Fsp3) is 0.400. The van der Waals surface area contributed by atoms with Crippen LogP contribution in [0.2, 0.25) is 0 Å². The molecule has 1 rings (SSSR count). The number of aromatic nitrogens is 1. The van der Waals surface area contributed by atoms with E-state index in [1.54, 1.807) is 0 Å². The summed E-state index contributed by atoms with van der Waals surface area (Å²) in [6.45, 7) is 0. The monoisotopic (exact) mass is 340 g/mol. The molecule has 0 spiro atoms. The maximum absolute atomic E-state index is 13.6. The van der Waals surface area contributed by atoms with Crippen LogP contribution in [0.1, 0.15) is 22.5 Å². The first kappa shape index (κ1) is 18.0. The molecule has 12 heteroatoms. The smallest absolute Gasteiger partial charge is 0.238 e. The predicted molar refractivity (Wildman–Crippen MR) is 48.5 cm³/mol. The van der Waals surface area contributed by atoms with Crippen LogP contribution in [0, 0.1) is 17.1 Å². The molecule has 0 bridgehead atoms. The van der Waals surface area contributed by atoms with Crippen molar-refractivity contribution in [3.63, 3.8) is 0 Å². The predicted octanol–water partition coefficient (Wildman–Crippen LogP) is 4.34.